The normalized spacial score (nSPS) is 12.8. The Labute approximate surface area is 242 Å². The number of anilines is 1. The number of methoxy groups -OCH3 is 1. The summed E-state index contributed by atoms with van der Waals surface area (Å²) in [5, 5.41) is 2.89. The van der Waals surface area contributed by atoms with E-state index in [4.69, 9.17) is 4.74 Å². The van der Waals surface area contributed by atoms with Gasteiger partial charge in [0.25, 0.3) is 10.0 Å². The number of rotatable bonds is 12. The van der Waals surface area contributed by atoms with Gasteiger partial charge in [-0.25, -0.2) is 12.8 Å². The van der Waals surface area contributed by atoms with Crippen LogP contribution in [0.4, 0.5) is 10.1 Å². The molecule has 3 rings (SSSR count). The number of aryl methyl sites for hydroxylation is 2. The lowest BCUT2D eigenvalue weighted by molar-refractivity contribution is -0.139. The highest BCUT2D eigenvalue weighted by atomic mass is 32.2. The van der Waals surface area contributed by atoms with Crippen molar-refractivity contribution in [1.29, 1.82) is 0 Å². The standard InChI is InChI=1S/C31H38FN3O5S/c1-7-23(4)33-31(37)24(5)34(19-25-11-13-26(32)14-12-25)30(36)20-35(28-18-22(3)10-17-29(28)40-6)41(38,39)27-15-8-21(2)9-16-27/h8-18,23-24H,7,19-20H2,1-6H3,(H,33,37)/t23-,24-/m0/s1. The molecule has 8 nitrogen and oxygen atoms in total. The first-order valence-corrected chi connectivity index (χ1v) is 14.9. The Morgan fingerprint density at radius 1 is 0.951 bits per heavy atom. The van der Waals surface area contributed by atoms with Crippen molar-refractivity contribution in [2.45, 2.75) is 64.6 Å². The van der Waals surface area contributed by atoms with Crippen LogP contribution in [0.15, 0.2) is 71.6 Å². The molecular weight excluding hydrogens is 545 g/mol. The van der Waals surface area contributed by atoms with Crippen LogP contribution in [0.3, 0.4) is 0 Å². The topological polar surface area (TPSA) is 96.0 Å². The minimum Gasteiger partial charge on any atom is -0.495 e. The molecule has 0 fully saturated rings. The van der Waals surface area contributed by atoms with Crippen molar-refractivity contribution in [1.82, 2.24) is 10.2 Å². The summed E-state index contributed by atoms with van der Waals surface area (Å²) in [7, 11) is -2.82. The third-order valence-corrected chi connectivity index (χ3v) is 8.70. The van der Waals surface area contributed by atoms with E-state index >= 15 is 0 Å². The molecule has 3 aromatic rings. The van der Waals surface area contributed by atoms with E-state index in [9.17, 15) is 22.4 Å². The van der Waals surface area contributed by atoms with Gasteiger partial charge in [0, 0.05) is 12.6 Å². The van der Waals surface area contributed by atoms with Gasteiger partial charge in [-0.1, -0.05) is 42.8 Å². The number of sulfonamides is 1. The minimum absolute atomic E-state index is 0.00658. The fourth-order valence-electron chi connectivity index (χ4n) is 4.18. The molecule has 0 aliphatic heterocycles. The fourth-order valence-corrected chi connectivity index (χ4v) is 5.60. The molecule has 0 spiro atoms. The van der Waals surface area contributed by atoms with Crippen molar-refractivity contribution in [3.8, 4) is 5.75 Å². The Hall–Kier alpha value is -3.92. The number of carbonyl (C=O) groups excluding carboxylic acids is 2. The van der Waals surface area contributed by atoms with Crippen LogP contribution in [-0.4, -0.2) is 50.9 Å². The molecule has 0 saturated carbocycles. The van der Waals surface area contributed by atoms with E-state index in [1.807, 2.05) is 27.7 Å². The maximum atomic E-state index is 14.0. The van der Waals surface area contributed by atoms with Crippen molar-refractivity contribution < 1.29 is 27.1 Å². The van der Waals surface area contributed by atoms with Crippen LogP contribution < -0.4 is 14.4 Å². The monoisotopic (exact) mass is 583 g/mol. The smallest absolute Gasteiger partial charge is 0.264 e. The van der Waals surface area contributed by atoms with Crippen molar-refractivity contribution >= 4 is 27.5 Å². The van der Waals surface area contributed by atoms with E-state index in [1.54, 1.807) is 37.3 Å². The molecular formula is C31H38FN3O5S. The number of halogens is 1. The van der Waals surface area contributed by atoms with Crippen LogP contribution in [0.1, 0.15) is 43.9 Å². The van der Waals surface area contributed by atoms with E-state index in [-0.39, 0.29) is 34.8 Å². The summed E-state index contributed by atoms with van der Waals surface area (Å²) in [6.07, 6.45) is 0.695. The zero-order valence-corrected chi connectivity index (χ0v) is 25.2. The highest BCUT2D eigenvalue weighted by Crippen LogP contribution is 2.34. The second-order valence-corrected chi connectivity index (χ2v) is 12.0. The number of nitrogens with one attached hydrogen (secondary N) is 1. The van der Waals surface area contributed by atoms with E-state index < -0.39 is 34.3 Å². The summed E-state index contributed by atoms with van der Waals surface area (Å²) in [5.74, 6) is -1.15. The van der Waals surface area contributed by atoms with Crippen LogP contribution in [0.2, 0.25) is 0 Å². The first kappa shape index (κ1) is 31.6. The summed E-state index contributed by atoms with van der Waals surface area (Å²) >= 11 is 0. The number of amides is 2. The van der Waals surface area contributed by atoms with E-state index in [0.29, 0.717) is 12.0 Å². The van der Waals surface area contributed by atoms with Crippen molar-refractivity contribution in [2.75, 3.05) is 18.0 Å². The molecule has 10 heteroatoms. The van der Waals surface area contributed by atoms with Gasteiger partial charge >= 0.3 is 0 Å². The molecule has 0 aromatic heterocycles. The molecule has 2 atom stereocenters. The number of ether oxygens (including phenoxy) is 1. The van der Waals surface area contributed by atoms with Crippen molar-refractivity contribution in [2.24, 2.45) is 0 Å². The zero-order chi connectivity index (χ0) is 30.3. The molecule has 2 amide bonds. The Bertz CT molecular complexity index is 1460. The average molecular weight is 584 g/mol. The van der Waals surface area contributed by atoms with Gasteiger partial charge in [-0.2, -0.15) is 0 Å². The summed E-state index contributed by atoms with van der Waals surface area (Å²) in [4.78, 5) is 28.5. The second-order valence-electron chi connectivity index (χ2n) is 10.1. The van der Waals surface area contributed by atoms with Crippen LogP contribution >= 0.6 is 0 Å². The summed E-state index contributed by atoms with van der Waals surface area (Å²) < 4.78 is 48.2. The average Bonchev–Trinajstić information content (AvgIpc) is 2.95. The van der Waals surface area contributed by atoms with E-state index in [0.717, 1.165) is 15.4 Å². The van der Waals surface area contributed by atoms with Gasteiger partial charge in [0.1, 0.15) is 24.2 Å². The van der Waals surface area contributed by atoms with Gasteiger partial charge in [-0.05, 0) is 81.6 Å². The molecule has 0 heterocycles. The molecule has 220 valence electrons. The Morgan fingerprint density at radius 2 is 1.56 bits per heavy atom. The van der Waals surface area contributed by atoms with Crippen LogP contribution in [0, 0.1) is 19.7 Å². The van der Waals surface area contributed by atoms with Crippen LogP contribution in [-0.2, 0) is 26.2 Å². The summed E-state index contributed by atoms with van der Waals surface area (Å²) in [6.45, 7) is 8.40. The third kappa shape index (κ3) is 7.85. The SMILES string of the molecule is CC[C@H](C)NC(=O)[C@H](C)N(Cc1ccc(F)cc1)C(=O)CN(c1cc(C)ccc1OC)S(=O)(=O)c1ccc(C)cc1. The summed E-state index contributed by atoms with van der Waals surface area (Å²) in [5.41, 5.74) is 2.43. The first-order chi connectivity index (χ1) is 19.4. The van der Waals surface area contributed by atoms with Gasteiger partial charge in [-0.15, -0.1) is 0 Å². The fraction of sp³-hybridized carbons (Fsp3) is 0.355. The van der Waals surface area contributed by atoms with Crippen molar-refractivity contribution in [3.05, 3.63) is 89.2 Å². The van der Waals surface area contributed by atoms with E-state index in [1.165, 1.54) is 48.4 Å². The van der Waals surface area contributed by atoms with Crippen LogP contribution in [0.5, 0.6) is 5.75 Å². The van der Waals surface area contributed by atoms with Gasteiger partial charge in [0.2, 0.25) is 11.8 Å². The van der Waals surface area contributed by atoms with E-state index in [2.05, 4.69) is 5.32 Å². The number of carbonyl (C=O) groups is 2. The minimum atomic E-state index is -4.24. The molecule has 0 aliphatic rings. The Morgan fingerprint density at radius 3 is 2.15 bits per heavy atom. The molecule has 0 aliphatic carbocycles. The highest BCUT2D eigenvalue weighted by Gasteiger charge is 2.34. The van der Waals surface area contributed by atoms with Gasteiger partial charge in [0.15, 0.2) is 0 Å². The van der Waals surface area contributed by atoms with Gasteiger partial charge in [-0.3, -0.25) is 13.9 Å². The molecule has 0 unspecified atom stereocenters. The summed E-state index contributed by atoms with van der Waals surface area (Å²) in [6, 6.07) is 15.9. The molecule has 41 heavy (non-hydrogen) atoms. The first-order valence-electron chi connectivity index (χ1n) is 13.5. The highest BCUT2D eigenvalue weighted by molar-refractivity contribution is 7.92. The third-order valence-electron chi connectivity index (χ3n) is 6.93. The van der Waals surface area contributed by atoms with Gasteiger partial charge in [0.05, 0.1) is 17.7 Å². The lowest BCUT2D eigenvalue weighted by Crippen LogP contribution is -2.52. The lowest BCUT2D eigenvalue weighted by Gasteiger charge is -2.33. The predicted octanol–water partition coefficient (Wildman–Crippen LogP) is 4.98. The number of benzene rings is 3. The Balaban J connectivity index is 2.09. The number of hydrogen-bond acceptors (Lipinski definition) is 5. The van der Waals surface area contributed by atoms with Crippen LogP contribution in [0.25, 0.3) is 0 Å². The maximum Gasteiger partial charge on any atom is 0.264 e. The lowest BCUT2D eigenvalue weighted by atomic mass is 10.1. The molecule has 1 N–H and O–H groups in total. The molecule has 0 bridgehead atoms. The quantitative estimate of drug-likeness (QED) is 0.325. The largest absolute Gasteiger partial charge is 0.495 e. The van der Waals surface area contributed by atoms with Gasteiger partial charge < -0.3 is 15.0 Å². The molecule has 0 saturated heterocycles. The Kier molecular flexibility index (Phi) is 10.5. The molecule has 3 aromatic carbocycles. The zero-order valence-electron chi connectivity index (χ0n) is 24.3. The predicted molar refractivity (Wildman–Crippen MR) is 158 cm³/mol. The maximum absolute atomic E-state index is 14.0. The van der Waals surface area contributed by atoms with Crippen molar-refractivity contribution in [3.63, 3.8) is 0 Å². The number of hydrogen-bond donors (Lipinski definition) is 1. The molecule has 0 radical (unpaired) electrons. The number of nitrogens with zero attached hydrogens (tertiary/aromatic N) is 2. The second kappa shape index (κ2) is 13.6.